The normalized spacial score (nSPS) is 14.4. The highest BCUT2D eigenvalue weighted by Crippen LogP contribution is 2.22. The van der Waals surface area contributed by atoms with Gasteiger partial charge in [0.2, 0.25) is 5.95 Å². The average molecular weight is 188 g/mol. The van der Waals surface area contributed by atoms with Crippen molar-refractivity contribution in [1.29, 1.82) is 5.26 Å². The van der Waals surface area contributed by atoms with Crippen LogP contribution in [0.4, 0.5) is 5.95 Å². The fourth-order valence-corrected chi connectivity index (χ4v) is 1.25. The van der Waals surface area contributed by atoms with E-state index in [-0.39, 0.29) is 5.95 Å². The summed E-state index contributed by atoms with van der Waals surface area (Å²) in [6.07, 6.45) is 4.13. The molecule has 2 rings (SSSR count). The maximum Gasteiger partial charge on any atom is 0.220 e. The molecule has 0 bridgehead atoms. The molecule has 1 aliphatic rings. The molecule has 0 aliphatic carbocycles. The third-order valence-corrected chi connectivity index (χ3v) is 1.87. The fraction of sp³-hybridized carbons (Fsp3) is 0.222. The molecule has 70 valence electrons. The first-order valence-electron chi connectivity index (χ1n) is 4.17. The lowest BCUT2D eigenvalue weighted by atomic mass is 10.2. The number of nitrogens with zero attached hydrogens (tertiary/aromatic N) is 3. The van der Waals surface area contributed by atoms with Gasteiger partial charge in [-0.15, -0.1) is 0 Å². The van der Waals surface area contributed by atoms with E-state index in [9.17, 15) is 0 Å². The standard InChI is InChI=1S/C9H8N4O/c10-4-6-5-12-9(11)13-8(6)7-2-1-3-14-7/h2,5H,1,3H2,(H2,11,12,13). The summed E-state index contributed by atoms with van der Waals surface area (Å²) in [5.41, 5.74) is 6.30. The number of hydrogen-bond acceptors (Lipinski definition) is 5. The first kappa shape index (κ1) is 8.51. The van der Waals surface area contributed by atoms with Crippen molar-refractivity contribution in [2.24, 2.45) is 0 Å². The van der Waals surface area contributed by atoms with Gasteiger partial charge in [0.05, 0.1) is 18.4 Å². The summed E-state index contributed by atoms with van der Waals surface area (Å²) in [6.45, 7) is 0.629. The maximum atomic E-state index is 8.82. The van der Waals surface area contributed by atoms with E-state index in [4.69, 9.17) is 15.7 Å². The molecule has 0 radical (unpaired) electrons. The zero-order valence-corrected chi connectivity index (χ0v) is 7.40. The predicted octanol–water partition coefficient (Wildman–Crippen LogP) is 0.692. The highest BCUT2D eigenvalue weighted by atomic mass is 16.5. The van der Waals surface area contributed by atoms with Gasteiger partial charge in [-0.1, -0.05) is 0 Å². The van der Waals surface area contributed by atoms with E-state index < -0.39 is 0 Å². The Bertz CT molecular complexity index is 433. The second-order valence-corrected chi connectivity index (χ2v) is 2.81. The summed E-state index contributed by atoms with van der Waals surface area (Å²) in [4.78, 5) is 7.72. The Morgan fingerprint density at radius 2 is 2.43 bits per heavy atom. The van der Waals surface area contributed by atoms with E-state index in [2.05, 4.69) is 9.97 Å². The van der Waals surface area contributed by atoms with Crippen LogP contribution in [0.15, 0.2) is 12.3 Å². The van der Waals surface area contributed by atoms with Gasteiger partial charge in [0.15, 0.2) is 0 Å². The number of rotatable bonds is 1. The third kappa shape index (κ3) is 1.38. The fourth-order valence-electron chi connectivity index (χ4n) is 1.25. The minimum Gasteiger partial charge on any atom is -0.491 e. The molecule has 5 heteroatoms. The summed E-state index contributed by atoms with van der Waals surface area (Å²) in [5, 5.41) is 8.82. The van der Waals surface area contributed by atoms with Crippen LogP contribution in [-0.4, -0.2) is 16.6 Å². The van der Waals surface area contributed by atoms with Gasteiger partial charge in [0.1, 0.15) is 17.5 Å². The van der Waals surface area contributed by atoms with Crippen molar-refractivity contribution < 1.29 is 4.74 Å². The largest absolute Gasteiger partial charge is 0.491 e. The Morgan fingerprint density at radius 1 is 1.57 bits per heavy atom. The van der Waals surface area contributed by atoms with E-state index in [1.807, 2.05) is 12.1 Å². The van der Waals surface area contributed by atoms with Gasteiger partial charge in [-0.25, -0.2) is 9.97 Å². The van der Waals surface area contributed by atoms with Crippen LogP contribution in [0.25, 0.3) is 5.76 Å². The molecule has 0 fully saturated rings. The van der Waals surface area contributed by atoms with Crippen molar-refractivity contribution in [1.82, 2.24) is 9.97 Å². The summed E-state index contributed by atoms with van der Waals surface area (Å²) >= 11 is 0. The Balaban J connectivity index is 2.50. The summed E-state index contributed by atoms with van der Waals surface area (Å²) < 4.78 is 5.30. The van der Waals surface area contributed by atoms with Crippen LogP contribution < -0.4 is 5.73 Å². The molecule has 1 aliphatic heterocycles. The van der Waals surface area contributed by atoms with Crippen molar-refractivity contribution in [2.45, 2.75) is 6.42 Å². The molecular formula is C9H8N4O. The minimum atomic E-state index is 0.149. The molecule has 0 unspecified atom stereocenters. The topological polar surface area (TPSA) is 84.8 Å². The summed E-state index contributed by atoms with van der Waals surface area (Å²) in [6, 6.07) is 2.00. The van der Waals surface area contributed by atoms with Crippen LogP contribution >= 0.6 is 0 Å². The highest BCUT2D eigenvalue weighted by molar-refractivity contribution is 5.63. The summed E-state index contributed by atoms with van der Waals surface area (Å²) in [7, 11) is 0. The smallest absolute Gasteiger partial charge is 0.220 e. The van der Waals surface area contributed by atoms with Crippen molar-refractivity contribution in [3.8, 4) is 6.07 Å². The Labute approximate surface area is 80.8 Å². The van der Waals surface area contributed by atoms with Crippen molar-refractivity contribution in [3.05, 3.63) is 23.5 Å². The van der Waals surface area contributed by atoms with E-state index >= 15 is 0 Å². The van der Waals surface area contributed by atoms with Crippen molar-refractivity contribution in [2.75, 3.05) is 12.3 Å². The van der Waals surface area contributed by atoms with Gasteiger partial charge >= 0.3 is 0 Å². The second-order valence-electron chi connectivity index (χ2n) is 2.81. The van der Waals surface area contributed by atoms with Crippen LogP contribution in [0, 0.1) is 11.3 Å². The number of nitrogen functional groups attached to an aromatic ring is 1. The number of anilines is 1. The number of nitrogens with two attached hydrogens (primary N) is 1. The maximum absolute atomic E-state index is 8.82. The number of hydrogen-bond donors (Lipinski definition) is 1. The van der Waals surface area contributed by atoms with Crippen LogP contribution in [0.3, 0.4) is 0 Å². The first-order valence-corrected chi connectivity index (χ1v) is 4.17. The van der Waals surface area contributed by atoms with Crippen LogP contribution in [0.2, 0.25) is 0 Å². The van der Waals surface area contributed by atoms with Crippen LogP contribution in [-0.2, 0) is 4.74 Å². The lowest BCUT2D eigenvalue weighted by molar-refractivity contribution is 0.306. The lowest BCUT2D eigenvalue weighted by Gasteiger charge is -2.04. The van der Waals surface area contributed by atoms with Crippen molar-refractivity contribution in [3.63, 3.8) is 0 Å². The molecule has 0 aromatic carbocycles. The van der Waals surface area contributed by atoms with E-state index in [0.717, 1.165) is 6.42 Å². The molecule has 5 nitrogen and oxygen atoms in total. The van der Waals surface area contributed by atoms with Gasteiger partial charge in [0, 0.05) is 6.42 Å². The number of ether oxygens (including phenoxy) is 1. The highest BCUT2D eigenvalue weighted by Gasteiger charge is 2.15. The Kier molecular flexibility index (Phi) is 2.03. The Hall–Kier alpha value is -2.09. The lowest BCUT2D eigenvalue weighted by Crippen LogP contribution is -2.01. The van der Waals surface area contributed by atoms with E-state index in [0.29, 0.717) is 23.6 Å². The third-order valence-electron chi connectivity index (χ3n) is 1.87. The molecule has 1 aromatic rings. The van der Waals surface area contributed by atoms with Crippen molar-refractivity contribution >= 4 is 11.7 Å². The second kappa shape index (κ2) is 3.34. The molecule has 0 amide bonds. The van der Waals surface area contributed by atoms with Gasteiger partial charge in [0.25, 0.3) is 0 Å². The van der Waals surface area contributed by atoms with Gasteiger partial charge < -0.3 is 10.5 Å². The zero-order valence-electron chi connectivity index (χ0n) is 7.40. The van der Waals surface area contributed by atoms with Gasteiger partial charge in [-0.2, -0.15) is 5.26 Å². The molecule has 0 atom stereocenters. The first-order chi connectivity index (χ1) is 6.81. The molecule has 14 heavy (non-hydrogen) atoms. The Morgan fingerprint density at radius 3 is 3.07 bits per heavy atom. The predicted molar refractivity (Wildman–Crippen MR) is 49.7 cm³/mol. The minimum absolute atomic E-state index is 0.149. The quantitative estimate of drug-likeness (QED) is 0.700. The molecule has 0 spiro atoms. The molecule has 2 N–H and O–H groups in total. The number of nitriles is 1. The van der Waals surface area contributed by atoms with Crippen LogP contribution in [0.5, 0.6) is 0 Å². The molecule has 0 saturated heterocycles. The zero-order chi connectivity index (χ0) is 9.97. The van der Waals surface area contributed by atoms with E-state index in [1.54, 1.807) is 0 Å². The average Bonchev–Trinajstić information content (AvgIpc) is 2.70. The molecule has 0 saturated carbocycles. The van der Waals surface area contributed by atoms with Gasteiger partial charge in [-0.05, 0) is 6.08 Å². The molecule has 2 heterocycles. The molecular weight excluding hydrogens is 180 g/mol. The van der Waals surface area contributed by atoms with Gasteiger partial charge in [-0.3, -0.25) is 0 Å². The number of aromatic nitrogens is 2. The van der Waals surface area contributed by atoms with Crippen LogP contribution in [0.1, 0.15) is 17.7 Å². The monoisotopic (exact) mass is 188 g/mol. The SMILES string of the molecule is N#Cc1cnc(N)nc1C1=CCCO1. The summed E-state index contributed by atoms with van der Waals surface area (Å²) in [5.74, 6) is 0.769. The molecule has 1 aromatic heterocycles. The van der Waals surface area contributed by atoms with E-state index in [1.165, 1.54) is 6.20 Å².